The van der Waals surface area contributed by atoms with E-state index in [2.05, 4.69) is 0 Å². The van der Waals surface area contributed by atoms with Crippen molar-refractivity contribution in [1.82, 2.24) is 0 Å². The molecule has 1 atom stereocenters. The maximum Gasteiger partial charge on any atom is 0.138 e. The number of aromatic hydroxyl groups is 2. The Balaban J connectivity index is 3.30. The summed E-state index contributed by atoms with van der Waals surface area (Å²) < 4.78 is 0. The quantitative estimate of drug-likeness (QED) is 0.494. The molecule has 0 fully saturated rings. The molecule has 0 aliphatic carbocycles. The molecule has 0 bridgehead atoms. The van der Waals surface area contributed by atoms with Crippen LogP contribution in [0.15, 0.2) is 12.1 Å². The number of nitrogens with zero attached hydrogens (tertiary/aromatic N) is 1. The lowest BCUT2D eigenvalue weighted by Crippen LogP contribution is -2.14. The second-order valence-electron chi connectivity index (χ2n) is 2.83. The van der Waals surface area contributed by atoms with Crippen LogP contribution in [0.5, 0.6) is 11.5 Å². The summed E-state index contributed by atoms with van der Waals surface area (Å²) in [7, 11) is 0. The van der Waals surface area contributed by atoms with Crippen LogP contribution in [-0.4, -0.2) is 21.9 Å². The van der Waals surface area contributed by atoms with Crippen LogP contribution in [0.1, 0.15) is 17.2 Å². The van der Waals surface area contributed by atoms with Crippen molar-refractivity contribution in [2.75, 3.05) is 6.61 Å². The maximum atomic E-state index is 9.49. The molecule has 0 aromatic heterocycles. The molecule has 0 heterocycles. The minimum absolute atomic E-state index is 0.0658. The molecule has 0 spiro atoms. The Bertz CT molecular complexity index is 384. The Hall–Kier alpha value is -1.77. The van der Waals surface area contributed by atoms with Gasteiger partial charge in [0.25, 0.3) is 0 Å². The van der Waals surface area contributed by atoms with Gasteiger partial charge >= 0.3 is 0 Å². The number of aliphatic hydroxyl groups is 1. The van der Waals surface area contributed by atoms with Gasteiger partial charge in [0.15, 0.2) is 0 Å². The third kappa shape index (κ3) is 1.76. The van der Waals surface area contributed by atoms with Crippen molar-refractivity contribution in [3.05, 3.63) is 23.3 Å². The second kappa shape index (κ2) is 3.96. The highest BCUT2D eigenvalue weighted by molar-refractivity contribution is 5.52. The molecule has 0 aliphatic rings. The standard InChI is InChI=1S/C9H10N2O3/c10-3-5-1-6(13)2-7(9(5)14)8(11)4-12/h1-2,8,12-14H,4,11H2/t8-/m1/s1. The van der Waals surface area contributed by atoms with E-state index in [9.17, 15) is 10.2 Å². The van der Waals surface area contributed by atoms with E-state index in [-0.39, 0.29) is 29.2 Å². The minimum Gasteiger partial charge on any atom is -0.508 e. The molecule has 1 rings (SSSR count). The summed E-state index contributed by atoms with van der Waals surface area (Å²) in [5.74, 6) is -0.467. The molecule has 0 amide bonds. The Labute approximate surface area is 80.6 Å². The van der Waals surface area contributed by atoms with Crippen molar-refractivity contribution < 1.29 is 15.3 Å². The van der Waals surface area contributed by atoms with Crippen molar-refractivity contribution in [2.45, 2.75) is 6.04 Å². The van der Waals surface area contributed by atoms with Gasteiger partial charge < -0.3 is 21.1 Å². The molecular formula is C9H10N2O3. The van der Waals surface area contributed by atoms with Crippen LogP contribution in [0, 0.1) is 11.3 Å². The van der Waals surface area contributed by atoms with Crippen LogP contribution >= 0.6 is 0 Å². The molecule has 0 saturated heterocycles. The summed E-state index contributed by atoms with van der Waals surface area (Å²) >= 11 is 0. The SMILES string of the molecule is N#Cc1cc(O)cc([C@H](N)CO)c1O. The zero-order valence-corrected chi connectivity index (χ0v) is 7.31. The second-order valence-corrected chi connectivity index (χ2v) is 2.83. The molecular weight excluding hydrogens is 184 g/mol. The van der Waals surface area contributed by atoms with E-state index in [1.807, 2.05) is 0 Å². The Morgan fingerprint density at radius 3 is 2.57 bits per heavy atom. The average Bonchev–Trinajstić information content (AvgIpc) is 2.19. The third-order valence-corrected chi connectivity index (χ3v) is 1.84. The molecule has 0 unspecified atom stereocenters. The van der Waals surface area contributed by atoms with E-state index in [1.54, 1.807) is 6.07 Å². The summed E-state index contributed by atoms with van der Waals surface area (Å²) in [6, 6.07) is 3.24. The molecule has 0 aliphatic heterocycles. The van der Waals surface area contributed by atoms with E-state index < -0.39 is 6.04 Å². The lowest BCUT2D eigenvalue weighted by atomic mass is 10.0. The maximum absolute atomic E-state index is 9.49. The van der Waals surface area contributed by atoms with Gasteiger partial charge in [-0.25, -0.2) is 0 Å². The highest BCUT2D eigenvalue weighted by Crippen LogP contribution is 2.30. The lowest BCUT2D eigenvalue weighted by Gasteiger charge is -2.11. The van der Waals surface area contributed by atoms with Crippen LogP contribution in [-0.2, 0) is 0 Å². The zero-order valence-electron chi connectivity index (χ0n) is 7.31. The summed E-state index contributed by atoms with van der Waals surface area (Å²) in [6.45, 7) is -0.373. The van der Waals surface area contributed by atoms with Gasteiger partial charge in [0.05, 0.1) is 18.2 Å². The van der Waals surface area contributed by atoms with E-state index in [1.165, 1.54) is 6.07 Å². The molecule has 14 heavy (non-hydrogen) atoms. The Morgan fingerprint density at radius 2 is 2.07 bits per heavy atom. The van der Waals surface area contributed by atoms with Crippen molar-refractivity contribution in [2.24, 2.45) is 5.73 Å². The monoisotopic (exact) mass is 194 g/mol. The molecule has 5 heteroatoms. The molecule has 0 radical (unpaired) electrons. The van der Waals surface area contributed by atoms with Crippen LogP contribution in [0.25, 0.3) is 0 Å². The largest absolute Gasteiger partial charge is 0.508 e. The normalized spacial score (nSPS) is 12.1. The van der Waals surface area contributed by atoms with Crippen molar-refractivity contribution >= 4 is 0 Å². The van der Waals surface area contributed by atoms with Gasteiger partial charge in [0.1, 0.15) is 17.6 Å². The van der Waals surface area contributed by atoms with Gasteiger partial charge in [0.2, 0.25) is 0 Å². The van der Waals surface area contributed by atoms with Gasteiger partial charge in [0, 0.05) is 11.6 Å². The van der Waals surface area contributed by atoms with Gasteiger partial charge in [-0.2, -0.15) is 5.26 Å². The third-order valence-electron chi connectivity index (χ3n) is 1.84. The van der Waals surface area contributed by atoms with E-state index in [4.69, 9.17) is 16.1 Å². The Kier molecular flexibility index (Phi) is 2.92. The van der Waals surface area contributed by atoms with Gasteiger partial charge in [-0.15, -0.1) is 0 Å². The van der Waals surface area contributed by atoms with Crippen molar-refractivity contribution in [3.63, 3.8) is 0 Å². The highest BCUT2D eigenvalue weighted by atomic mass is 16.3. The number of hydrogen-bond acceptors (Lipinski definition) is 5. The summed E-state index contributed by atoms with van der Waals surface area (Å²) in [5.41, 5.74) is 5.55. The number of benzene rings is 1. The molecule has 1 aromatic carbocycles. The first kappa shape index (κ1) is 10.3. The number of aliphatic hydroxyl groups excluding tert-OH is 1. The van der Waals surface area contributed by atoms with Crippen LogP contribution in [0.4, 0.5) is 0 Å². The fourth-order valence-electron chi connectivity index (χ4n) is 1.11. The number of phenolic OH excluding ortho intramolecular Hbond substituents is 2. The first-order chi connectivity index (χ1) is 6.60. The lowest BCUT2D eigenvalue weighted by molar-refractivity contribution is 0.265. The summed E-state index contributed by atoms with van der Waals surface area (Å²) in [6.07, 6.45) is 0. The minimum atomic E-state index is -0.811. The number of hydrogen-bond donors (Lipinski definition) is 4. The predicted octanol–water partition coefficient (Wildman–Crippen LogP) is -0.0384. The van der Waals surface area contributed by atoms with Crippen LogP contribution < -0.4 is 5.73 Å². The molecule has 5 nitrogen and oxygen atoms in total. The van der Waals surface area contributed by atoms with Crippen LogP contribution in [0.3, 0.4) is 0 Å². The van der Waals surface area contributed by atoms with Crippen LogP contribution in [0.2, 0.25) is 0 Å². The number of phenols is 2. The first-order valence-corrected chi connectivity index (χ1v) is 3.92. The number of nitrogens with two attached hydrogens (primary N) is 1. The van der Waals surface area contributed by atoms with Gasteiger partial charge in [-0.1, -0.05) is 0 Å². The number of nitriles is 1. The van der Waals surface area contributed by atoms with E-state index >= 15 is 0 Å². The van der Waals surface area contributed by atoms with Crippen molar-refractivity contribution in [3.8, 4) is 17.6 Å². The smallest absolute Gasteiger partial charge is 0.138 e. The number of rotatable bonds is 2. The van der Waals surface area contributed by atoms with E-state index in [0.717, 1.165) is 6.07 Å². The Morgan fingerprint density at radius 1 is 1.43 bits per heavy atom. The van der Waals surface area contributed by atoms with E-state index in [0.29, 0.717) is 0 Å². The summed E-state index contributed by atoms with van der Waals surface area (Å²) in [4.78, 5) is 0. The fraction of sp³-hybridized carbons (Fsp3) is 0.222. The average molecular weight is 194 g/mol. The molecule has 1 aromatic rings. The fourth-order valence-corrected chi connectivity index (χ4v) is 1.11. The van der Waals surface area contributed by atoms with Crippen molar-refractivity contribution in [1.29, 1.82) is 5.26 Å². The molecule has 5 N–H and O–H groups in total. The zero-order chi connectivity index (χ0) is 10.7. The highest BCUT2D eigenvalue weighted by Gasteiger charge is 2.14. The van der Waals surface area contributed by atoms with Gasteiger partial charge in [-0.3, -0.25) is 0 Å². The predicted molar refractivity (Wildman–Crippen MR) is 48.5 cm³/mol. The summed E-state index contributed by atoms with van der Waals surface area (Å²) in [5, 5.41) is 36.0. The molecule has 0 saturated carbocycles. The topological polar surface area (TPSA) is 110 Å². The first-order valence-electron chi connectivity index (χ1n) is 3.92. The molecule has 74 valence electrons. The van der Waals surface area contributed by atoms with Gasteiger partial charge in [-0.05, 0) is 6.07 Å².